The minimum Gasteiger partial charge on any atom is -0.462 e. The van der Waals surface area contributed by atoms with Crippen LogP contribution in [0.4, 0.5) is 0 Å². The zero-order valence-corrected chi connectivity index (χ0v) is 10.6. The van der Waals surface area contributed by atoms with Crippen LogP contribution in [0.1, 0.15) is 10.4 Å². The molecule has 0 aliphatic heterocycles. The molecule has 5 nitrogen and oxygen atoms in total. The maximum atomic E-state index is 12.1. The normalized spacial score (nSPS) is 11.7. The van der Waals surface area contributed by atoms with Crippen molar-refractivity contribution in [2.75, 3.05) is 6.61 Å². The summed E-state index contributed by atoms with van der Waals surface area (Å²) in [4.78, 5) is 12.1. The van der Waals surface area contributed by atoms with Crippen LogP contribution in [-0.2, 0) is 0 Å². The van der Waals surface area contributed by atoms with Crippen molar-refractivity contribution < 1.29 is 24.5 Å². The molecule has 0 amide bonds. The van der Waals surface area contributed by atoms with E-state index in [0.717, 1.165) is 0 Å². The number of hydrogen-bond acceptors (Lipinski definition) is 5. The number of carbonyl (C=O) groups is 1. The van der Waals surface area contributed by atoms with E-state index in [1.165, 1.54) is 12.1 Å². The van der Waals surface area contributed by atoms with Crippen LogP contribution >= 0.6 is 0 Å². The van der Waals surface area contributed by atoms with Gasteiger partial charge in [-0.1, -0.05) is 30.3 Å². The Bertz CT molecular complexity index is 567. The van der Waals surface area contributed by atoms with E-state index < -0.39 is 18.9 Å². The van der Waals surface area contributed by atoms with Crippen molar-refractivity contribution in [1.82, 2.24) is 0 Å². The lowest BCUT2D eigenvalue weighted by Gasteiger charge is -2.13. The first-order valence-electron chi connectivity index (χ1n) is 6.02. The molecule has 1 atom stereocenters. The van der Waals surface area contributed by atoms with Gasteiger partial charge in [-0.15, -0.1) is 0 Å². The van der Waals surface area contributed by atoms with Crippen molar-refractivity contribution in [1.29, 1.82) is 0 Å². The number of esters is 1. The first-order chi connectivity index (χ1) is 9.70. The van der Waals surface area contributed by atoms with Crippen LogP contribution in [0.5, 0.6) is 11.5 Å². The van der Waals surface area contributed by atoms with Crippen LogP contribution in [0, 0.1) is 0 Å². The molecule has 2 aromatic carbocycles. The Balaban J connectivity index is 2.17. The quantitative estimate of drug-likeness (QED) is 0.492. The Morgan fingerprint density at radius 1 is 1.05 bits per heavy atom. The van der Waals surface area contributed by atoms with Crippen molar-refractivity contribution in [2.45, 2.75) is 6.29 Å². The first kappa shape index (κ1) is 14.0. The third kappa shape index (κ3) is 3.57. The second kappa shape index (κ2) is 6.70. The Hall–Kier alpha value is -2.37. The van der Waals surface area contributed by atoms with Gasteiger partial charge in [0.1, 0.15) is 23.7 Å². The van der Waals surface area contributed by atoms with Gasteiger partial charge in [0.2, 0.25) is 6.29 Å². The fourth-order valence-electron chi connectivity index (χ4n) is 1.57. The van der Waals surface area contributed by atoms with Crippen LogP contribution in [0.2, 0.25) is 0 Å². The molecular formula is C15H14O5. The summed E-state index contributed by atoms with van der Waals surface area (Å²) in [5.74, 6) is -0.0399. The molecule has 2 N–H and O–H groups in total. The summed E-state index contributed by atoms with van der Waals surface area (Å²) in [6.07, 6.45) is -1.39. The van der Waals surface area contributed by atoms with Gasteiger partial charge in [0, 0.05) is 0 Å². The van der Waals surface area contributed by atoms with Crippen molar-refractivity contribution in [3.05, 3.63) is 60.2 Å². The molecule has 104 valence electrons. The molecule has 20 heavy (non-hydrogen) atoms. The summed E-state index contributed by atoms with van der Waals surface area (Å²) >= 11 is 0. The summed E-state index contributed by atoms with van der Waals surface area (Å²) in [5.41, 5.74) is 0.170. The van der Waals surface area contributed by atoms with Gasteiger partial charge in [-0.25, -0.2) is 4.79 Å². The largest absolute Gasteiger partial charge is 0.462 e. The van der Waals surface area contributed by atoms with Gasteiger partial charge in [-0.3, -0.25) is 0 Å². The number of rotatable bonds is 5. The monoisotopic (exact) mass is 274 g/mol. The van der Waals surface area contributed by atoms with E-state index in [1.54, 1.807) is 36.4 Å². The van der Waals surface area contributed by atoms with Gasteiger partial charge in [-0.2, -0.15) is 0 Å². The zero-order valence-electron chi connectivity index (χ0n) is 10.6. The minimum atomic E-state index is -1.39. The van der Waals surface area contributed by atoms with E-state index in [9.17, 15) is 9.90 Å². The summed E-state index contributed by atoms with van der Waals surface area (Å²) in [7, 11) is 0. The molecule has 0 bridgehead atoms. The molecular weight excluding hydrogens is 260 g/mol. The highest BCUT2D eigenvalue weighted by Gasteiger charge is 2.16. The van der Waals surface area contributed by atoms with E-state index in [-0.39, 0.29) is 11.3 Å². The van der Waals surface area contributed by atoms with Gasteiger partial charge in [-0.05, 0) is 24.3 Å². The van der Waals surface area contributed by atoms with Crippen molar-refractivity contribution in [3.8, 4) is 11.5 Å². The lowest BCUT2D eigenvalue weighted by Crippen LogP contribution is -2.21. The van der Waals surface area contributed by atoms with Gasteiger partial charge < -0.3 is 19.7 Å². The topological polar surface area (TPSA) is 76.0 Å². The Morgan fingerprint density at radius 2 is 1.70 bits per heavy atom. The van der Waals surface area contributed by atoms with E-state index in [4.69, 9.17) is 14.6 Å². The number of aliphatic hydroxyl groups excluding tert-OH is 2. The van der Waals surface area contributed by atoms with E-state index in [1.807, 2.05) is 6.07 Å². The third-order valence-corrected chi connectivity index (χ3v) is 2.48. The van der Waals surface area contributed by atoms with E-state index in [0.29, 0.717) is 5.75 Å². The molecule has 0 aliphatic carbocycles. The molecule has 0 spiro atoms. The lowest BCUT2D eigenvalue weighted by molar-refractivity contribution is -0.0552. The number of para-hydroxylation sites is 2. The Kier molecular flexibility index (Phi) is 4.70. The van der Waals surface area contributed by atoms with Gasteiger partial charge >= 0.3 is 5.97 Å². The predicted octanol–water partition coefficient (Wildman–Crippen LogP) is 1.60. The number of aliphatic hydroxyl groups is 2. The maximum absolute atomic E-state index is 12.1. The molecule has 0 heterocycles. The van der Waals surface area contributed by atoms with Gasteiger partial charge in [0.15, 0.2) is 0 Å². The summed E-state index contributed by atoms with van der Waals surface area (Å²) in [6.45, 7) is -0.567. The third-order valence-electron chi connectivity index (χ3n) is 2.48. The molecule has 0 aliphatic rings. The average Bonchev–Trinajstić information content (AvgIpc) is 2.48. The van der Waals surface area contributed by atoms with Crippen molar-refractivity contribution in [2.24, 2.45) is 0 Å². The van der Waals surface area contributed by atoms with Crippen LogP contribution in [-0.4, -0.2) is 29.1 Å². The standard InChI is InChI=1S/C15H14O5/c16-10-14(17)20-13-9-5-4-8-12(13)15(18)19-11-6-2-1-3-7-11/h1-9,14,16-17H,10H2. The number of benzene rings is 2. The highest BCUT2D eigenvalue weighted by atomic mass is 16.6. The SMILES string of the molecule is O=C(Oc1ccccc1)c1ccccc1OC(O)CO. The molecule has 2 aromatic rings. The van der Waals surface area contributed by atoms with Crippen molar-refractivity contribution in [3.63, 3.8) is 0 Å². The maximum Gasteiger partial charge on any atom is 0.347 e. The molecule has 0 saturated heterocycles. The smallest absolute Gasteiger partial charge is 0.347 e. The highest BCUT2D eigenvalue weighted by molar-refractivity contribution is 5.93. The lowest BCUT2D eigenvalue weighted by atomic mass is 10.2. The van der Waals surface area contributed by atoms with Gasteiger partial charge in [0.05, 0.1) is 0 Å². The number of ether oxygens (including phenoxy) is 2. The van der Waals surface area contributed by atoms with Crippen molar-refractivity contribution >= 4 is 5.97 Å². The molecule has 0 saturated carbocycles. The molecule has 5 heteroatoms. The van der Waals surface area contributed by atoms with Crippen LogP contribution in [0.15, 0.2) is 54.6 Å². The number of carbonyl (C=O) groups excluding carboxylic acids is 1. The summed E-state index contributed by atoms with van der Waals surface area (Å²) in [5, 5.41) is 18.1. The fourth-order valence-corrected chi connectivity index (χ4v) is 1.57. The molecule has 2 rings (SSSR count). The van der Waals surface area contributed by atoms with Gasteiger partial charge in [0.25, 0.3) is 0 Å². The fraction of sp³-hybridized carbons (Fsp3) is 0.133. The highest BCUT2D eigenvalue weighted by Crippen LogP contribution is 2.21. The summed E-state index contributed by atoms with van der Waals surface area (Å²) in [6, 6.07) is 15.0. The van der Waals surface area contributed by atoms with Crippen LogP contribution < -0.4 is 9.47 Å². The first-order valence-corrected chi connectivity index (χ1v) is 6.02. The Labute approximate surface area is 116 Å². The average molecular weight is 274 g/mol. The zero-order chi connectivity index (χ0) is 14.4. The van der Waals surface area contributed by atoms with Crippen LogP contribution in [0.3, 0.4) is 0 Å². The molecule has 0 aromatic heterocycles. The molecule has 1 unspecified atom stereocenters. The predicted molar refractivity (Wildman–Crippen MR) is 71.6 cm³/mol. The van der Waals surface area contributed by atoms with E-state index in [2.05, 4.69) is 0 Å². The second-order valence-electron chi connectivity index (χ2n) is 3.95. The molecule has 0 fully saturated rings. The number of hydrogen-bond donors (Lipinski definition) is 2. The van der Waals surface area contributed by atoms with Crippen LogP contribution in [0.25, 0.3) is 0 Å². The molecule has 0 radical (unpaired) electrons. The second-order valence-corrected chi connectivity index (χ2v) is 3.95. The van der Waals surface area contributed by atoms with E-state index >= 15 is 0 Å². The summed E-state index contributed by atoms with van der Waals surface area (Å²) < 4.78 is 10.3. The minimum absolute atomic E-state index is 0.148. The Morgan fingerprint density at radius 3 is 2.40 bits per heavy atom.